The number of hydrogen-bond acceptors (Lipinski definition) is 4. The first-order chi connectivity index (χ1) is 18.9. The van der Waals surface area contributed by atoms with E-state index in [0.29, 0.717) is 22.5 Å². The number of sulfonamides is 1. The summed E-state index contributed by atoms with van der Waals surface area (Å²) >= 11 is 6.25. The van der Waals surface area contributed by atoms with Crippen LogP contribution in [-0.2, 0) is 32.3 Å². The highest BCUT2D eigenvalue weighted by atomic mass is 35.5. The zero-order valence-corrected chi connectivity index (χ0v) is 23.4. The van der Waals surface area contributed by atoms with Crippen molar-refractivity contribution in [1.82, 2.24) is 10.2 Å². The number of alkyl halides is 3. The third kappa shape index (κ3) is 7.33. The summed E-state index contributed by atoms with van der Waals surface area (Å²) in [7, 11) is -4.57. The number of anilines is 1. The van der Waals surface area contributed by atoms with Crippen molar-refractivity contribution < 1.29 is 31.2 Å². The lowest BCUT2D eigenvalue weighted by atomic mass is 10.1. The Balaban J connectivity index is 2.14. The van der Waals surface area contributed by atoms with Crippen molar-refractivity contribution in [3.05, 3.63) is 95.0 Å². The molecule has 0 heterocycles. The molecule has 1 N–H and O–H groups in total. The van der Waals surface area contributed by atoms with Gasteiger partial charge < -0.3 is 10.2 Å². The van der Waals surface area contributed by atoms with Gasteiger partial charge in [-0.05, 0) is 49.2 Å². The molecule has 1 atom stereocenters. The van der Waals surface area contributed by atoms with Gasteiger partial charge in [-0.1, -0.05) is 67.1 Å². The molecule has 1 unspecified atom stereocenters. The van der Waals surface area contributed by atoms with Crippen molar-refractivity contribution in [2.75, 3.05) is 17.4 Å². The van der Waals surface area contributed by atoms with Crippen LogP contribution in [-0.4, -0.2) is 44.3 Å². The van der Waals surface area contributed by atoms with Gasteiger partial charge in [-0.2, -0.15) is 13.2 Å². The summed E-state index contributed by atoms with van der Waals surface area (Å²) in [6.07, 6.45) is -4.59. The topological polar surface area (TPSA) is 86.8 Å². The molecule has 3 rings (SSSR count). The van der Waals surface area contributed by atoms with Crippen molar-refractivity contribution in [2.24, 2.45) is 0 Å². The second-order valence-corrected chi connectivity index (χ2v) is 11.1. The van der Waals surface area contributed by atoms with Crippen LogP contribution in [0.15, 0.2) is 83.8 Å². The molecular weight excluding hydrogens is 567 g/mol. The fourth-order valence-electron chi connectivity index (χ4n) is 4.10. The number of hydrogen-bond donors (Lipinski definition) is 1. The standard InChI is InChI=1S/C28H29ClF3N3O4S/c1-3-24(27(37)33-4-2)34(18-20-11-7-5-8-12-20)26(36)19-35(40(38,39)22-13-9-6-10-14-22)25-17-21(28(30,31)32)15-16-23(25)29/h5-17,24H,3-4,18-19H2,1-2H3,(H,33,37). The molecule has 214 valence electrons. The van der Waals surface area contributed by atoms with Gasteiger partial charge in [-0.25, -0.2) is 8.42 Å². The minimum Gasteiger partial charge on any atom is -0.355 e. The van der Waals surface area contributed by atoms with Gasteiger partial charge in [0, 0.05) is 13.1 Å². The largest absolute Gasteiger partial charge is 0.416 e. The number of halogens is 4. The number of rotatable bonds is 11. The van der Waals surface area contributed by atoms with Gasteiger partial charge in [0.05, 0.1) is 21.2 Å². The smallest absolute Gasteiger partial charge is 0.355 e. The zero-order valence-electron chi connectivity index (χ0n) is 21.9. The van der Waals surface area contributed by atoms with Gasteiger partial charge in [0.1, 0.15) is 12.6 Å². The minimum atomic E-state index is -4.80. The zero-order chi connectivity index (χ0) is 29.5. The maximum atomic E-state index is 13.9. The van der Waals surface area contributed by atoms with Gasteiger partial charge in [-0.3, -0.25) is 13.9 Å². The number of nitrogens with zero attached hydrogens (tertiary/aromatic N) is 2. The number of benzene rings is 3. The van der Waals surface area contributed by atoms with Crippen LogP contribution in [0, 0.1) is 0 Å². The quantitative estimate of drug-likeness (QED) is 0.317. The molecule has 0 aromatic heterocycles. The molecule has 7 nitrogen and oxygen atoms in total. The third-order valence-corrected chi connectivity index (χ3v) is 8.18. The highest BCUT2D eigenvalue weighted by Gasteiger charge is 2.36. The Kier molecular flexibility index (Phi) is 10.2. The number of carbonyl (C=O) groups excluding carboxylic acids is 2. The molecule has 0 saturated heterocycles. The number of nitrogens with one attached hydrogen (secondary N) is 1. The van der Waals surface area contributed by atoms with Crippen LogP contribution in [0.25, 0.3) is 0 Å². The van der Waals surface area contributed by atoms with Gasteiger partial charge in [0.15, 0.2) is 0 Å². The average molecular weight is 596 g/mol. The van der Waals surface area contributed by atoms with Crippen molar-refractivity contribution in [3.8, 4) is 0 Å². The Labute approximate surface area is 236 Å². The molecule has 0 saturated carbocycles. The maximum Gasteiger partial charge on any atom is 0.416 e. The molecule has 0 spiro atoms. The lowest BCUT2D eigenvalue weighted by Gasteiger charge is -2.33. The van der Waals surface area contributed by atoms with Crippen molar-refractivity contribution in [2.45, 2.75) is 43.9 Å². The van der Waals surface area contributed by atoms with E-state index < -0.39 is 51.9 Å². The molecule has 0 bridgehead atoms. The van der Waals surface area contributed by atoms with E-state index in [1.54, 1.807) is 50.2 Å². The Hall–Kier alpha value is -3.57. The summed E-state index contributed by atoms with van der Waals surface area (Å²) in [6.45, 7) is 2.79. The molecule has 3 aromatic rings. The second-order valence-electron chi connectivity index (χ2n) is 8.81. The van der Waals surface area contributed by atoms with Gasteiger partial charge in [0.2, 0.25) is 11.8 Å². The molecule has 2 amide bonds. The fourth-order valence-corrected chi connectivity index (χ4v) is 5.82. The first-order valence-corrected chi connectivity index (χ1v) is 14.3. The summed E-state index contributed by atoms with van der Waals surface area (Å²) in [4.78, 5) is 27.8. The second kappa shape index (κ2) is 13.2. The molecule has 0 aliphatic carbocycles. The highest BCUT2D eigenvalue weighted by molar-refractivity contribution is 7.92. The minimum absolute atomic E-state index is 0.0368. The van der Waals surface area contributed by atoms with Crippen molar-refractivity contribution in [3.63, 3.8) is 0 Å². The summed E-state index contributed by atoms with van der Waals surface area (Å²) in [5.41, 5.74) is -0.977. The maximum absolute atomic E-state index is 13.9. The van der Waals surface area contributed by atoms with E-state index in [1.165, 1.54) is 29.2 Å². The number of amides is 2. The summed E-state index contributed by atoms with van der Waals surface area (Å²) in [5.74, 6) is -1.24. The molecular formula is C28H29ClF3N3O4S. The van der Waals surface area contributed by atoms with Crippen LogP contribution in [0.2, 0.25) is 5.02 Å². The predicted molar refractivity (Wildman–Crippen MR) is 147 cm³/mol. The summed E-state index contributed by atoms with van der Waals surface area (Å²) in [5, 5.41) is 2.38. The van der Waals surface area contributed by atoms with Crippen molar-refractivity contribution in [1.29, 1.82) is 0 Å². The predicted octanol–water partition coefficient (Wildman–Crippen LogP) is 5.50. The van der Waals surface area contributed by atoms with Crippen LogP contribution in [0.3, 0.4) is 0 Å². The van der Waals surface area contributed by atoms with E-state index in [0.717, 1.165) is 12.1 Å². The van der Waals surface area contributed by atoms with Crippen LogP contribution in [0.5, 0.6) is 0 Å². The van der Waals surface area contributed by atoms with E-state index >= 15 is 0 Å². The average Bonchev–Trinajstić information content (AvgIpc) is 2.92. The van der Waals surface area contributed by atoms with Gasteiger partial charge in [0.25, 0.3) is 10.0 Å². The van der Waals surface area contributed by atoms with Crippen LogP contribution >= 0.6 is 11.6 Å². The fraction of sp³-hybridized carbons (Fsp3) is 0.286. The third-order valence-electron chi connectivity index (χ3n) is 6.08. The Morgan fingerprint density at radius 2 is 1.55 bits per heavy atom. The molecule has 40 heavy (non-hydrogen) atoms. The van der Waals surface area contributed by atoms with Crippen LogP contribution in [0.1, 0.15) is 31.4 Å². The van der Waals surface area contributed by atoms with E-state index in [-0.39, 0.29) is 22.9 Å². The monoisotopic (exact) mass is 595 g/mol. The Morgan fingerprint density at radius 3 is 2.10 bits per heavy atom. The molecule has 0 aliphatic heterocycles. The molecule has 3 aromatic carbocycles. The van der Waals surface area contributed by atoms with E-state index in [2.05, 4.69) is 5.32 Å². The first kappa shape index (κ1) is 31.0. The van der Waals surface area contributed by atoms with E-state index in [1.807, 2.05) is 0 Å². The van der Waals surface area contributed by atoms with Crippen LogP contribution in [0.4, 0.5) is 18.9 Å². The molecule has 0 radical (unpaired) electrons. The lowest BCUT2D eigenvalue weighted by molar-refractivity contribution is -0.140. The SMILES string of the molecule is CCNC(=O)C(CC)N(Cc1ccccc1)C(=O)CN(c1cc(C(F)(F)F)ccc1Cl)S(=O)(=O)c1ccccc1. The summed E-state index contributed by atoms with van der Waals surface area (Å²) in [6, 6.07) is 17.1. The van der Waals surface area contributed by atoms with Crippen LogP contribution < -0.4 is 9.62 Å². The van der Waals surface area contributed by atoms with E-state index in [4.69, 9.17) is 11.6 Å². The number of likely N-dealkylation sites (N-methyl/N-ethyl adjacent to an activating group) is 1. The van der Waals surface area contributed by atoms with Gasteiger partial charge in [-0.15, -0.1) is 0 Å². The van der Waals surface area contributed by atoms with Gasteiger partial charge >= 0.3 is 6.18 Å². The Morgan fingerprint density at radius 1 is 0.950 bits per heavy atom. The van der Waals surface area contributed by atoms with Crippen molar-refractivity contribution >= 4 is 39.1 Å². The summed E-state index contributed by atoms with van der Waals surface area (Å²) < 4.78 is 68.9. The Bertz CT molecular complexity index is 1420. The lowest BCUT2D eigenvalue weighted by Crippen LogP contribution is -2.52. The normalized spacial score (nSPS) is 12.4. The first-order valence-electron chi connectivity index (χ1n) is 12.5. The molecule has 12 heteroatoms. The number of carbonyl (C=O) groups is 2. The molecule has 0 aliphatic rings. The highest BCUT2D eigenvalue weighted by Crippen LogP contribution is 2.37. The molecule has 0 fully saturated rings. The van der Waals surface area contributed by atoms with E-state index in [9.17, 15) is 31.2 Å².